The molecule has 0 atom stereocenters. The number of imidazole rings is 1. The molecule has 7 heteroatoms. The van der Waals surface area contributed by atoms with Crippen molar-refractivity contribution in [3.63, 3.8) is 0 Å². The molecule has 1 aliphatic rings. The summed E-state index contributed by atoms with van der Waals surface area (Å²) in [6, 6.07) is 5.42. The van der Waals surface area contributed by atoms with Crippen molar-refractivity contribution in [3.05, 3.63) is 30.1 Å². The number of carbonyl (C=O) groups is 2. The lowest BCUT2D eigenvalue weighted by Gasteiger charge is -2.39. The van der Waals surface area contributed by atoms with Gasteiger partial charge in [0.05, 0.1) is 22.8 Å². The number of methoxy groups -OCH3 is 1. The Hall–Kier alpha value is -2.41. The Balaban J connectivity index is 1.71. The summed E-state index contributed by atoms with van der Waals surface area (Å²) in [5, 5.41) is 0. The third-order valence-electron chi connectivity index (χ3n) is 4.98. The van der Waals surface area contributed by atoms with Gasteiger partial charge in [-0.25, -0.2) is 4.98 Å². The molecule has 1 aromatic heterocycles. The molecule has 3 rings (SSSR count). The van der Waals surface area contributed by atoms with Crippen LogP contribution in [-0.2, 0) is 9.53 Å². The molecule has 1 aliphatic heterocycles. The molecule has 0 saturated carbocycles. The van der Waals surface area contributed by atoms with Crippen LogP contribution in [-0.4, -0.2) is 53.5 Å². The van der Waals surface area contributed by atoms with Crippen molar-refractivity contribution < 1.29 is 14.3 Å². The van der Waals surface area contributed by atoms with E-state index >= 15 is 0 Å². The highest BCUT2D eigenvalue weighted by atomic mass is 16.5. The van der Waals surface area contributed by atoms with Crippen LogP contribution in [0.5, 0.6) is 0 Å². The molecule has 0 aliphatic carbocycles. The Kier molecular flexibility index (Phi) is 4.53. The number of hydrogen-bond donors (Lipinski definition) is 2. The fourth-order valence-corrected chi connectivity index (χ4v) is 3.31. The van der Waals surface area contributed by atoms with Crippen LogP contribution in [0.1, 0.15) is 29.6 Å². The fourth-order valence-electron chi connectivity index (χ4n) is 3.31. The summed E-state index contributed by atoms with van der Waals surface area (Å²) >= 11 is 0. The number of H-pyrrole nitrogens is 1. The molecule has 2 amide bonds. The smallest absolute Gasteiger partial charge is 0.253 e. The molecular formula is C17H22N4O3. The van der Waals surface area contributed by atoms with Crippen LogP contribution >= 0.6 is 0 Å². The summed E-state index contributed by atoms with van der Waals surface area (Å²) in [7, 11) is 1.61. The predicted molar refractivity (Wildman–Crippen MR) is 89.4 cm³/mol. The monoisotopic (exact) mass is 330 g/mol. The molecule has 1 saturated heterocycles. The highest BCUT2D eigenvalue weighted by Crippen LogP contribution is 2.35. The Morgan fingerprint density at radius 1 is 1.38 bits per heavy atom. The van der Waals surface area contributed by atoms with Crippen LogP contribution in [0, 0.1) is 5.41 Å². The van der Waals surface area contributed by atoms with Gasteiger partial charge in [-0.15, -0.1) is 0 Å². The summed E-state index contributed by atoms with van der Waals surface area (Å²) in [5.41, 5.74) is 7.34. The molecule has 128 valence electrons. The minimum absolute atomic E-state index is 0.0312. The second-order valence-electron chi connectivity index (χ2n) is 6.31. The molecule has 7 nitrogen and oxygen atoms in total. The third kappa shape index (κ3) is 2.99. The van der Waals surface area contributed by atoms with E-state index in [1.165, 1.54) is 0 Å². The number of amides is 2. The number of benzene rings is 1. The summed E-state index contributed by atoms with van der Waals surface area (Å²) < 4.78 is 5.10. The standard InChI is InChI=1S/C17H22N4O3/c1-24-9-6-17(16(18)23)4-7-21(8-5-17)15(22)12-2-3-13-14(10-12)20-11-19-13/h2-3,10-11H,4-9H2,1H3,(H2,18,23)(H,19,20). The molecule has 3 N–H and O–H groups in total. The molecule has 0 radical (unpaired) electrons. The number of ether oxygens (including phenoxy) is 1. The molecule has 24 heavy (non-hydrogen) atoms. The second-order valence-corrected chi connectivity index (χ2v) is 6.31. The topological polar surface area (TPSA) is 101 Å². The maximum Gasteiger partial charge on any atom is 0.253 e. The van der Waals surface area contributed by atoms with Gasteiger partial charge in [-0.05, 0) is 37.5 Å². The number of aromatic amines is 1. The van der Waals surface area contributed by atoms with Crippen molar-refractivity contribution >= 4 is 22.8 Å². The highest BCUT2D eigenvalue weighted by Gasteiger charge is 2.40. The van der Waals surface area contributed by atoms with E-state index in [1.54, 1.807) is 24.4 Å². The maximum atomic E-state index is 12.7. The number of rotatable bonds is 5. The summed E-state index contributed by atoms with van der Waals surface area (Å²) in [4.78, 5) is 33.6. The largest absolute Gasteiger partial charge is 0.385 e. The first-order valence-corrected chi connectivity index (χ1v) is 8.07. The van der Waals surface area contributed by atoms with Crippen molar-refractivity contribution in [2.75, 3.05) is 26.8 Å². The van der Waals surface area contributed by atoms with Crippen molar-refractivity contribution in [2.24, 2.45) is 11.1 Å². The summed E-state index contributed by atoms with van der Waals surface area (Å²) in [6.45, 7) is 1.53. The predicted octanol–water partition coefficient (Wildman–Crippen LogP) is 1.31. The lowest BCUT2D eigenvalue weighted by Crippen LogP contribution is -2.49. The van der Waals surface area contributed by atoms with E-state index in [2.05, 4.69) is 9.97 Å². The van der Waals surface area contributed by atoms with Crippen LogP contribution in [0.4, 0.5) is 0 Å². The third-order valence-corrected chi connectivity index (χ3v) is 4.98. The average molecular weight is 330 g/mol. The first-order chi connectivity index (χ1) is 11.6. The summed E-state index contributed by atoms with van der Waals surface area (Å²) in [6.07, 6.45) is 3.35. The van der Waals surface area contributed by atoms with Crippen molar-refractivity contribution in [3.8, 4) is 0 Å². The normalized spacial score (nSPS) is 17.1. The van der Waals surface area contributed by atoms with Crippen molar-refractivity contribution in [1.82, 2.24) is 14.9 Å². The highest BCUT2D eigenvalue weighted by molar-refractivity contribution is 5.97. The van der Waals surface area contributed by atoms with E-state index in [0.29, 0.717) is 44.5 Å². The van der Waals surface area contributed by atoms with Gasteiger partial charge in [-0.2, -0.15) is 0 Å². The van der Waals surface area contributed by atoms with Gasteiger partial charge in [0.2, 0.25) is 5.91 Å². The maximum absolute atomic E-state index is 12.7. The van der Waals surface area contributed by atoms with Crippen LogP contribution < -0.4 is 5.73 Å². The number of likely N-dealkylation sites (tertiary alicyclic amines) is 1. The van der Waals surface area contributed by atoms with Gasteiger partial charge in [0.25, 0.3) is 5.91 Å². The number of nitrogens with zero attached hydrogens (tertiary/aromatic N) is 2. The van der Waals surface area contributed by atoms with E-state index < -0.39 is 5.41 Å². The Labute approximate surface area is 140 Å². The van der Waals surface area contributed by atoms with Crippen LogP contribution in [0.15, 0.2) is 24.5 Å². The summed E-state index contributed by atoms with van der Waals surface area (Å²) in [5.74, 6) is -0.332. The fraction of sp³-hybridized carbons (Fsp3) is 0.471. The molecule has 1 aromatic carbocycles. The molecule has 0 unspecified atom stereocenters. The lowest BCUT2D eigenvalue weighted by molar-refractivity contribution is -0.131. The Morgan fingerprint density at radius 2 is 2.12 bits per heavy atom. The van der Waals surface area contributed by atoms with Crippen LogP contribution in [0.25, 0.3) is 11.0 Å². The van der Waals surface area contributed by atoms with Gasteiger partial charge in [0, 0.05) is 32.4 Å². The SMILES string of the molecule is COCCC1(C(N)=O)CCN(C(=O)c2ccc3nc[nH]c3c2)CC1. The zero-order valence-electron chi connectivity index (χ0n) is 13.7. The number of primary amides is 1. The van der Waals surface area contributed by atoms with Crippen molar-refractivity contribution in [2.45, 2.75) is 19.3 Å². The zero-order chi connectivity index (χ0) is 17.2. The molecule has 1 fully saturated rings. The lowest BCUT2D eigenvalue weighted by atomic mass is 9.75. The number of carbonyl (C=O) groups excluding carboxylic acids is 2. The van der Waals surface area contributed by atoms with E-state index in [-0.39, 0.29) is 11.8 Å². The molecule has 0 bridgehead atoms. The minimum Gasteiger partial charge on any atom is -0.385 e. The second kappa shape index (κ2) is 6.60. The van der Waals surface area contributed by atoms with Crippen molar-refractivity contribution in [1.29, 1.82) is 0 Å². The van der Waals surface area contributed by atoms with Gasteiger partial charge in [0.1, 0.15) is 0 Å². The first-order valence-electron chi connectivity index (χ1n) is 8.07. The number of fused-ring (bicyclic) bond motifs is 1. The number of piperidine rings is 1. The minimum atomic E-state index is -0.569. The Bertz CT molecular complexity index is 747. The van der Waals surface area contributed by atoms with Gasteiger partial charge in [0.15, 0.2) is 0 Å². The quantitative estimate of drug-likeness (QED) is 0.863. The molecule has 0 spiro atoms. The number of hydrogen-bond acceptors (Lipinski definition) is 4. The number of nitrogens with one attached hydrogen (secondary N) is 1. The zero-order valence-corrected chi connectivity index (χ0v) is 13.7. The van der Waals surface area contributed by atoms with Gasteiger partial charge in [-0.1, -0.05) is 0 Å². The Morgan fingerprint density at radius 3 is 2.79 bits per heavy atom. The van der Waals surface area contributed by atoms with Crippen LogP contribution in [0.3, 0.4) is 0 Å². The van der Waals surface area contributed by atoms with Crippen LogP contribution in [0.2, 0.25) is 0 Å². The van der Waals surface area contributed by atoms with E-state index in [9.17, 15) is 9.59 Å². The van der Waals surface area contributed by atoms with E-state index in [0.717, 1.165) is 11.0 Å². The van der Waals surface area contributed by atoms with Gasteiger partial charge >= 0.3 is 0 Å². The molecular weight excluding hydrogens is 308 g/mol. The number of nitrogens with two attached hydrogens (primary N) is 1. The molecule has 2 heterocycles. The van der Waals surface area contributed by atoms with Gasteiger partial charge < -0.3 is 20.4 Å². The van der Waals surface area contributed by atoms with E-state index in [4.69, 9.17) is 10.5 Å². The van der Waals surface area contributed by atoms with Gasteiger partial charge in [-0.3, -0.25) is 9.59 Å². The average Bonchev–Trinajstić information content (AvgIpc) is 3.07. The van der Waals surface area contributed by atoms with E-state index in [1.807, 2.05) is 12.1 Å². The first kappa shape index (κ1) is 16.4. The number of aromatic nitrogens is 2. The molecule has 2 aromatic rings.